The van der Waals surface area contributed by atoms with Gasteiger partial charge in [0.25, 0.3) is 11.8 Å². The Morgan fingerprint density at radius 3 is 2.25 bits per heavy atom. The number of benzene rings is 2. The first-order chi connectivity index (χ1) is 15.1. The van der Waals surface area contributed by atoms with Crippen LogP contribution in [-0.2, 0) is 10.9 Å². The summed E-state index contributed by atoms with van der Waals surface area (Å²) < 4.78 is 43.6. The van der Waals surface area contributed by atoms with Gasteiger partial charge in [-0.25, -0.2) is 4.79 Å². The Labute approximate surface area is 185 Å². The number of halogens is 3. The van der Waals surface area contributed by atoms with Gasteiger partial charge in [-0.1, -0.05) is 24.3 Å². The van der Waals surface area contributed by atoms with E-state index in [0.29, 0.717) is 5.56 Å². The molecule has 166 valence electrons. The number of amides is 2. The van der Waals surface area contributed by atoms with Crippen LogP contribution in [0.2, 0.25) is 0 Å². The molecule has 32 heavy (non-hydrogen) atoms. The van der Waals surface area contributed by atoms with Crippen molar-refractivity contribution in [2.24, 2.45) is 0 Å². The summed E-state index contributed by atoms with van der Waals surface area (Å²) in [6.07, 6.45) is -4.56. The zero-order chi connectivity index (χ0) is 23.5. The number of anilines is 2. The van der Waals surface area contributed by atoms with Crippen molar-refractivity contribution in [1.29, 1.82) is 0 Å². The first kappa shape index (κ1) is 23.0. The first-order valence-corrected chi connectivity index (χ1v) is 10.00. The monoisotopic (exact) mass is 462 g/mol. The zero-order valence-corrected chi connectivity index (χ0v) is 17.7. The summed E-state index contributed by atoms with van der Waals surface area (Å²) >= 11 is 0.823. The minimum absolute atomic E-state index is 0.00373. The van der Waals surface area contributed by atoms with Crippen LogP contribution in [0, 0.1) is 6.92 Å². The smallest absolute Gasteiger partial charge is 0.416 e. The maximum Gasteiger partial charge on any atom is 0.416 e. The fraction of sp³-hybridized carbons (Fsp3) is 0.136. The lowest BCUT2D eigenvalue weighted by Gasteiger charge is -2.09. The van der Waals surface area contributed by atoms with Crippen LogP contribution in [0.5, 0.6) is 0 Å². The summed E-state index contributed by atoms with van der Waals surface area (Å²) in [6.45, 7) is 1.49. The maximum absolute atomic E-state index is 12.9. The Hall–Kier alpha value is -3.66. The number of hydrogen-bond acceptors (Lipinski definition) is 5. The zero-order valence-electron chi connectivity index (χ0n) is 16.9. The number of rotatable bonds is 5. The maximum atomic E-state index is 12.9. The van der Waals surface area contributed by atoms with Crippen molar-refractivity contribution in [2.75, 3.05) is 17.7 Å². The highest BCUT2D eigenvalue weighted by Crippen LogP contribution is 2.35. The van der Waals surface area contributed by atoms with Crippen molar-refractivity contribution in [3.8, 4) is 0 Å². The highest BCUT2D eigenvalue weighted by atomic mass is 32.1. The summed E-state index contributed by atoms with van der Waals surface area (Å²) in [6, 6.07) is 12.4. The van der Waals surface area contributed by atoms with Crippen LogP contribution in [0.15, 0.2) is 54.6 Å². The minimum Gasteiger partial charge on any atom is -0.465 e. The summed E-state index contributed by atoms with van der Waals surface area (Å²) in [5.74, 6) is -1.99. The van der Waals surface area contributed by atoms with Gasteiger partial charge in [0.2, 0.25) is 0 Å². The molecule has 0 unspecified atom stereocenters. The third-order valence-corrected chi connectivity index (χ3v) is 5.66. The van der Waals surface area contributed by atoms with Crippen LogP contribution in [0.25, 0.3) is 0 Å². The average Bonchev–Trinajstić information content (AvgIpc) is 3.09. The Balaban J connectivity index is 1.92. The molecule has 0 bridgehead atoms. The van der Waals surface area contributed by atoms with E-state index in [9.17, 15) is 27.6 Å². The topological polar surface area (TPSA) is 84.5 Å². The van der Waals surface area contributed by atoms with Crippen molar-refractivity contribution in [1.82, 2.24) is 0 Å². The minimum atomic E-state index is -4.56. The lowest BCUT2D eigenvalue weighted by Crippen LogP contribution is -2.14. The summed E-state index contributed by atoms with van der Waals surface area (Å²) in [5.41, 5.74) is -0.411. The van der Waals surface area contributed by atoms with E-state index in [1.807, 2.05) is 0 Å². The quantitative estimate of drug-likeness (QED) is 0.500. The van der Waals surface area contributed by atoms with E-state index in [2.05, 4.69) is 10.6 Å². The second-order valence-corrected chi connectivity index (χ2v) is 7.63. The molecule has 1 heterocycles. The van der Waals surface area contributed by atoms with E-state index >= 15 is 0 Å². The number of hydrogen-bond donors (Lipinski definition) is 2. The fourth-order valence-electron chi connectivity index (χ4n) is 2.89. The molecule has 0 aliphatic carbocycles. The second-order valence-electron chi connectivity index (χ2n) is 6.60. The highest BCUT2D eigenvalue weighted by molar-refractivity contribution is 7.19. The molecule has 0 radical (unpaired) electrons. The third-order valence-electron chi connectivity index (χ3n) is 4.45. The van der Waals surface area contributed by atoms with Gasteiger partial charge in [-0.3, -0.25) is 9.59 Å². The van der Waals surface area contributed by atoms with Crippen LogP contribution < -0.4 is 10.6 Å². The van der Waals surface area contributed by atoms with Crippen LogP contribution >= 0.6 is 11.3 Å². The summed E-state index contributed by atoms with van der Waals surface area (Å²) in [7, 11) is 1.16. The van der Waals surface area contributed by atoms with Crippen LogP contribution in [-0.4, -0.2) is 24.9 Å². The van der Waals surface area contributed by atoms with E-state index in [1.165, 1.54) is 19.1 Å². The Kier molecular flexibility index (Phi) is 6.64. The largest absolute Gasteiger partial charge is 0.465 e. The molecule has 0 aliphatic rings. The normalized spacial score (nSPS) is 11.0. The van der Waals surface area contributed by atoms with Crippen molar-refractivity contribution < 1.29 is 32.3 Å². The Morgan fingerprint density at radius 2 is 1.62 bits per heavy atom. The van der Waals surface area contributed by atoms with Crippen molar-refractivity contribution >= 4 is 39.8 Å². The number of thiophene rings is 1. The molecule has 0 aliphatic heterocycles. The molecule has 0 saturated carbocycles. The third kappa shape index (κ3) is 4.97. The van der Waals surface area contributed by atoms with Crippen LogP contribution in [0.4, 0.5) is 23.9 Å². The van der Waals surface area contributed by atoms with Gasteiger partial charge >= 0.3 is 12.1 Å². The lowest BCUT2D eigenvalue weighted by molar-refractivity contribution is -0.137. The van der Waals surface area contributed by atoms with Gasteiger partial charge in [-0.05, 0) is 42.8 Å². The number of esters is 1. The van der Waals surface area contributed by atoms with Crippen LogP contribution in [0.3, 0.4) is 0 Å². The van der Waals surface area contributed by atoms with E-state index in [0.717, 1.165) is 30.6 Å². The number of carbonyl (C=O) groups is 3. The molecular weight excluding hydrogens is 445 g/mol. The number of carbonyl (C=O) groups excluding carboxylic acids is 3. The molecule has 0 spiro atoms. The van der Waals surface area contributed by atoms with Gasteiger partial charge < -0.3 is 15.4 Å². The standard InChI is InChI=1S/C22H17F3N2O4S/c1-12-16(21(30)31-2)20(27-18(28)13-7-4-3-5-8-13)32-17(12)19(29)26-15-10-6-9-14(11-15)22(23,24)25/h3-11H,1-2H3,(H,26,29)(H,27,28). The molecule has 0 atom stereocenters. The van der Waals surface area contributed by atoms with E-state index < -0.39 is 29.5 Å². The number of methoxy groups -OCH3 is 1. The van der Waals surface area contributed by atoms with Crippen molar-refractivity contribution in [2.45, 2.75) is 13.1 Å². The Bertz CT molecular complexity index is 1170. The summed E-state index contributed by atoms with van der Waals surface area (Å²) in [5, 5.41) is 5.10. The number of nitrogens with one attached hydrogen (secondary N) is 2. The number of alkyl halides is 3. The molecule has 0 saturated heterocycles. The SMILES string of the molecule is COC(=O)c1c(NC(=O)c2ccccc2)sc(C(=O)Nc2cccc(C(F)(F)F)c2)c1C. The van der Waals surface area contributed by atoms with E-state index in [4.69, 9.17) is 4.74 Å². The van der Waals surface area contributed by atoms with E-state index in [1.54, 1.807) is 30.3 Å². The molecule has 3 rings (SSSR count). The molecule has 6 nitrogen and oxygen atoms in total. The van der Waals surface area contributed by atoms with Gasteiger partial charge in [-0.2, -0.15) is 13.2 Å². The number of ether oxygens (including phenoxy) is 1. The van der Waals surface area contributed by atoms with Gasteiger partial charge in [0, 0.05) is 11.3 Å². The van der Waals surface area contributed by atoms with Gasteiger partial charge in [0.1, 0.15) is 5.00 Å². The predicted molar refractivity (Wildman–Crippen MR) is 114 cm³/mol. The second kappa shape index (κ2) is 9.23. The predicted octanol–water partition coefficient (Wildman–Crippen LogP) is 5.37. The van der Waals surface area contributed by atoms with Crippen LogP contribution in [0.1, 0.15) is 41.5 Å². The molecule has 1 aromatic heterocycles. The van der Waals surface area contributed by atoms with Crippen molar-refractivity contribution in [3.05, 3.63) is 81.7 Å². The van der Waals surface area contributed by atoms with Gasteiger partial charge in [0.05, 0.1) is 23.1 Å². The highest BCUT2D eigenvalue weighted by Gasteiger charge is 2.31. The Morgan fingerprint density at radius 1 is 0.938 bits per heavy atom. The average molecular weight is 462 g/mol. The molecule has 2 aromatic carbocycles. The van der Waals surface area contributed by atoms with Crippen molar-refractivity contribution in [3.63, 3.8) is 0 Å². The lowest BCUT2D eigenvalue weighted by atomic mass is 10.1. The van der Waals surface area contributed by atoms with E-state index in [-0.39, 0.29) is 26.7 Å². The summed E-state index contributed by atoms with van der Waals surface area (Å²) in [4.78, 5) is 37.7. The molecule has 10 heteroatoms. The first-order valence-electron chi connectivity index (χ1n) is 9.18. The van der Waals surface area contributed by atoms with Gasteiger partial charge in [-0.15, -0.1) is 11.3 Å². The van der Waals surface area contributed by atoms with Gasteiger partial charge in [0.15, 0.2) is 0 Å². The molecule has 2 N–H and O–H groups in total. The fourth-order valence-corrected chi connectivity index (χ4v) is 3.98. The molecular formula is C22H17F3N2O4S. The molecule has 3 aromatic rings. The molecule has 2 amide bonds. The molecule has 0 fully saturated rings.